The van der Waals surface area contributed by atoms with E-state index in [9.17, 15) is 0 Å². The molecule has 0 fully saturated rings. The Morgan fingerprint density at radius 2 is 0.826 bits per heavy atom. The molecule has 0 aromatic rings. The van der Waals surface area contributed by atoms with Gasteiger partial charge in [-0.15, -0.1) is 0 Å². The highest BCUT2D eigenvalue weighted by molar-refractivity contribution is 4.58. The van der Waals surface area contributed by atoms with Crippen LogP contribution in [0.3, 0.4) is 0 Å². The molecule has 23 heavy (non-hydrogen) atoms. The molecule has 0 spiro atoms. The van der Waals surface area contributed by atoms with Gasteiger partial charge in [0.2, 0.25) is 0 Å². The Bertz CT molecular complexity index is 204. The van der Waals surface area contributed by atoms with Gasteiger partial charge in [-0.05, 0) is 25.8 Å². The van der Waals surface area contributed by atoms with Crippen LogP contribution >= 0.6 is 0 Å². The fourth-order valence-electron chi connectivity index (χ4n) is 3.10. The van der Waals surface area contributed by atoms with Crippen LogP contribution < -0.4 is 0 Å². The van der Waals surface area contributed by atoms with Crippen molar-refractivity contribution in [2.75, 3.05) is 32.8 Å². The van der Waals surface area contributed by atoms with Gasteiger partial charge in [-0.2, -0.15) is 0 Å². The molecule has 0 aromatic carbocycles. The summed E-state index contributed by atoms with van der Waals surface area (Å²) in [7, 11) is 0. The number of hydrogen-bond donors (Lipinski definition) is 2. The first kappa shape index (κ1) is 22.9. The molecular formula is C20H43NO2. The predicted octanol–water partition coefficient (Wildman–Crippen LogP) is 4.75. The zero-order chi connectivity index (χ0) is 17.0. The quantitative estimate of drug-likeness (QED) is 0.336. The summed E-state index contributed by atoms with van der Waals surface area (Å²) in [6.07, 6.45) is 18.4. The fraction of sp³-hybridized carbons (Fsp3) is 1.00. The van der Waals surface area contributed by atoms with E-state index in [1.54, 1.807) is 0 Å². The molecule has 0 aliphatic heterocycles. The summed E-state index contributed by atoms with van der Waals surface area (Å²) in [5.74, 6) is 0. The van der Waals surface area contributed by atoms with E-state index in [0.717, 1.165) is 32.5 Å². The summed E-state index contributed by atoms with van der Waals surface area (Å²) in [5, 5.41) is 17.9. The van der Waals surface area contributed by atoms with Gasteiger partial charge in [0.1, 0.15) is 0 Å². The highest BCUT2D eigenvalue weighted by atomic mass is 16.3. The zero-order valence-electron chi connectivity index (χ0n) is 15.8. The summed E-state index contributed by atoms with van der Waals surface area (Å²) in [6, 6.07) is 0. The minimum absolute atomic E-state index is 0.272. The lowest BCUT2D eigenvalue weighted by Crippen LogP contribution is -2.28. The molecule has 0 atom stereocenters. The van der Waals surface area contributed by atoms with Gasteiger partial charge in [-0.1, -0.05) is 77.6 Å². The van der Waals surface area contributed by atoms with Crippen LogP contribution in [0.5, 0.6) is 0 Å². The van der Waals surface area contributed by atoms with Crippen LogP contribution in [0.15, 0.2) is 0 Å². The molecule has 0 rings (SSSR count). The van der Waals surface area contributed by atoms with Crippen molar-refractivity contribution in [3.8, 4) is 0 Å². The van der Waals surface area contributed by atoms with Gasteiger partial charge in [0.05, 0.1) is 0 Å². The van der Waals surface area contributed by atoms with Crippen LogP contribution in [-0.4, -0.2) is 48.0 Å². The normalized spacial score (nSPS) is 11.5. The highest BCUT2D eigenvalue weighted by Gasteiger charge is 2.03. The van der Waals surface area contributed by atoms with Crippen molar-refractivity contribution in [3.05, 3.63) is 0 Å². The Morgan fingerprint density at radius 1 is 0.478 bits per heavy atom. The second-order valence-electron chi connectivity index (χ2n) is 6.89. The molecule has 0 saturated heterocycles. The van der Waals surface area contributed by atoms with Gasteiger partial charge in [-0.25, -0.2) is 0 Å². The van der Waals surface area contributed by atoms with Crippen molar-refractivity contribution in [1.82, 2.24) is 4.90 Å². The van der Waals surface area contributed by atoms with E-state index in [4.69, 9.17) is 10.2 Å². The van der Waals surface area contributed by atoms with Crippen molar-refractivity contribution in [2.45, 2.75) is 96.8 Å². The maximum absolute atomic E-state index is 8.94. The van der Waals surface area contributed by atoms with Crippen LogP contribution in [0.1, 0.15) is 96.8 Å². The van der Waals surface area contributed by atoms with Gasteiger partial charge >= 0.3 is 0 Å². The molecule has 0 heterocycles. The second-order valence-corrected chi connectivity index (χ2v) is 6.89. The summed E-state index contributed by atoms with van der Waals surface area (Å²) in [6.45, 7) is 5.88. The van der Waals surface area contributed by atoms with E-state index < -0.39 is 0 Å². The number of unbranched alkanes of at least 4 members (excludes halogenated alkanes) is 11. The van der Waals surface area contributed by atoms with Crippen LogP contribution in [0.25, 0.3) is 0 Å². The molecule has 0 amide bonds. The number of hydrogen-bond acceptors (Lipinski definition) is 3. The molecule has 0 unspecified atom stereocenters. The fourth-order valence-corrected chi connectivity index (χ4v) is 3.10. The van der Waals surface area contributed by atoms with Crippen LogP contribution in [-0.2, 0) is 0 Å². The van der Waals surface area contributed by atoms with E-state index in [0.29, 0.717) is 0 Å². The molecule has 3 nitrogen and oxygen atoms in total. The summed E-state index contributed by atoms with van der Waals surface area (Å²) in [5.41, 5.74) is 0. The lowest BCUT2D eigenvalue weighted by molar-refractivity contribution is 0.199. The van der Waals surface area contributed by atoms with E-state index in [2.05, 4.69) is 11.8 Å². The first-order valence-corrected chi connectivity index (χ1v) is 10.3. The predicted molar refractivity (Wildman–Crippen MR) is 101 cm³/mol. The SMILES string of the molecule is CCCCCCCCCCCCCCN(CCCO)CCCO. The summed E-state index contributed by atoms with van der Waals surface area (Å²) in [4.78, 5) is 2.39. The molecule has 0 aromatic heterocycles. The molecule has 0 saturated carbocycles. The molecule has 3 heteroatoms. The number of nitrogens with zero attached hydrogens (tertiary/aromatic N) is 1. The third-order valence-electron chi connectivity index (χ3n) is 4.59. The largest absolute Gasteiger partial charge is 0.396 e. The number of aliphatic hydroxyl groups is 2. The van der Waals surface area contributed by atoms with Crippen LogP contribution in [0.2, 0.25) is 0 Å². The molecule has 2 N–H and O–H groups in total. The average molecular weight is 330 g/mol. The summed E-state index contributed by atoms with van der Waals surface area (Å²) >= 11 is 0. The minimum Gasteiger partial charge on any atom is -0.396 e. The Kier molecular flexibility index (Phi) is 19.8. The minimum atomic E-state index is 0.272. The smallest absolute Gasteiger partial charge is 0.0443 e. The molecule has 0 radical (unpaired) electrons. The van der Waals surface area contributed by atoms with E-state index >= 15 is 0 Å². The monoisotopic (exact) mass is 329 g/mol. The van der Waals surface area contributed by atoms with Crippen molar-refractivity contribution in [3.63, 3.8) is 0 Å². The third kappa shape index (κ3) is 18.1. The maximum Gasteiger partial charge on any atom is 0.0443 e. The lowest BCUT2D eigenvalue weighted by atomic mass is 10.1. The average Bonchev–Trinajstić information content (AvgIpc) is 2.57. The number of aliphatic hydroxyl groups excluding tert-OH is 2. The molecule has 0 aliphatic rings. The maximum atomic E-state index is 8.94. The van der Waals surface area contributed by atoms with Crippen LogP contribution in [0, 0.1) is 0 Å². The number of rotatable bonds is 19. The van der Waals surface area contributed by atoms with Gasteiger partial charge < -0.3 is 15.1 Å². The van der Waals surface area contributed by atoms with E-state index in [1.807, 2.05) is 0 Å². The van der Waals surface area contributed by atoms with E-state index in [1.165, 1.54) is 77.0 Å². The first-order chi connectivity index (χ1) is 11.3. The van der Waals surface area contributed by atoms with Crippen LogP contribution in [0.4, 0.5) is 0 Å². The van der Waals surface area contributed by atoms with Crippen molar-refractivity contribution in [1.29, 1.82) is 0 Å². The second kappa shape index (κ2) is 19.9. The Balaban J connectivity index is 3.31. The topological polar surface area (TPSA) is 43.7 Å². The van der Waals surface area contributed by atoms with Gasteiger partial charge in [0, 0.05) is 26.3 Å². The van der Waals surface area contributed by atoms with Gasteiger partial charge in [-0.3, -0.25) is 0 Å². The third-order valence-corrected chi connectivity index (χ3v) is 4.59. The Hall–Kier alpha value is -0.120. The first-order valence-electron chi connectivity index (χ1n) is 10.3. The molecule has 0 bridgehead atoms. The Labute approximate surface area is 145 Å². The lowest BCUT2D eigenvalue weighted by Gasteiger charge is -2.21. The summed E-state index contributed by atoms with van der Waals surface area (Å²) < 4.78 is 0. The zero-order valence-corrected chi connectivity index (χ0v) is 15.8. The molecule has 140 valence electrons. The van der Waals surface area contributed by atoms with Crippen molar-refractivity contribution >= 4 is 0 Å². The van der Waals surface area contributed by atoms with Crippen molar-refractivity contribution in [2.24, 2.45) is 0 Å². The molecular weight excluding hydrogens is 286 g/mol. The molecule has 0 aliphatic carbocycles. The van der Waals surface area contributed by atoms with Crippen molar-refractivity contribution < 1.29 is 10.2 Å². The van der Waals surface area contributed by atoms with Gasteiger partial charge in [0.25, 0.3) is 0 Å². The van der Waals surface area contributed by atoms with Gasteiger partial charge in [0.15, 0.2) is 0 Å². The Morgan fingerprint density at radius 3 is 1.22 bits per heavy atom. The standard InChI is InChI=1S/C20H43NO2/c1-2-3-4-5-6-7-8-9-10-11-12-13-16-21(17-14-19-22)18-15-20-23/h22-23H,2-20H2,1H3. The van der Waals surface area contributed by atoms with E-state index in [-0.39, 0.29) is 13.2 Å². The highest BCUT2D eigenvalue weighted by Crippen LogP contribution is 2.12.